The molecule has 1 aliphatic rings. The van der Waals surface area contributed by atoms with Crippen LogP contribution in [0.4, 0.5) is 0 Å². The molecule has 1 saturated heterocycles. The van der Waals surface area contributed by atoms with Gasteiger partial charge < -0.3 is 23.6 Å². The van der Waals surface area contributed by atoms with Crippen molar-refractivity contribution < 1.29 is 42.0 Å². The maximum atomic E-state index is 12.7. The number of likely N-dealkylation sites (N-methyl/N-ethyl adjacent to an activating group) is 1. The van der Waals surface area contributed by atoms with Gasteiger partial charge in [-0.2, -0.15) is 0 Å². The minimum atomic E-state index is -4.29. The summed E-state index contributed by atoms with van der Waals surface area (Å²) in [5.74, 6) is -0.371. The molecule has 1 rings (SSSR count). The molecule has 1 heterocycles. The first-order chi connectivity index (χ1) is 26.1. The molecule has 0 bridgehead atoms. The Morgan fingerprint density at radius 3 is 1.80 bits per heavy atom. The summed E-state index contributed by atoms with van der Waals surface area (Å²) in [6.07, 6.45) is 40.6. The molecule has 0 amide bonds. The minimum Gasteiger partial charge on any atom is -0.457 e. The number of carbonyl (C=O) groups is 1. The Balaban J connectivity index is 2.28. The van der Waals surface area contributed by atoms with Crippen LogP contribution in [0.25, 0.3) is 0 Å². The third-order valence-corrected chi connectivity index (χ3v) is 10.6. The van der Waals surface area contributed by atoms with Gasteiger partial charge in [-0.3, -0.25) is 13.8 Å². The van der Waals surface area contributed by atoms with Gasteiger partial charge in [-0.1, -0.05) is 147 Å². The van der Waals surface area contributed by atoms with Crippen molar-refractivity contribution in [3.8, 4) is 0 Å². The monoisotopic (exact) mass is 785 g/mol. The Kier molecular flexibility index (Phi) is 31.7. The van der Waals surface area contributed by atoms with Crippen LogP contribution in [-0.4, -0.2) is 87.8 Å². The Labute approximate surface area is 331 Å². The van der Waals surface area contributed by atoms with E-state index in [1.165, 1.54) is 103 Å². The second kappa shape index (κ2) is 33.8. The van der Waals surface area contributed by atoms with Gasteiger partial charge in [0.15, 0.2) is 0 Å². The molecule has 0 saturated carbocycles. The van der Waals surface area contributed by atoms with Crippen LogP contribution in [-0.2, 0) is 32.6 Å². The van der Waals surface area contributed by atoms with Crippen LogP contribution >= 0.6 is 7.82 Å². The van der Waals surface area contributed by atoms with E-state index in [4.69, 9.17) is 23.3 Å². The number of allylic oxidation sites excluding steroid dienone is 4. The molecule has 1 N–H and O–H groups in total. The molecule has 1 aliphatic heterocycles. The third kappa shape index (κ3) is 34.0. The summed E-state index contributed by atoms with van der Waals surface area (Å²) in [6.45, 7) is 5.51. The van der Waals surface area contributed by atoms with Crippen LogP contribution in [0.3, 0.4) is 0 Å². The van der Waals surface area contributed by atoms with Crippen LogP contribution in [0.2, 0.25) is 0 Å². The lowest BCUT2D eigenvalue weighted by Gasteiger charge is -2.24. The molecule has 0 radical (unpaired) electrons. The normalized spacial score (nSPS) is 17.9. The van der Waals surface area contributed by atoms with Crippen molar-refractivity contribution in [2.75, 3.05) is 54.1 Å². The Bertz CT molecular complexity index is 1030. The summed E-state index contributed by atoms with van der Waals surface area (Å²) < 4.78 is 40.7. The van der Waals surface area contributed by atoms with E-state index in [0.717, 1.165) is 38.5 Å². The zero-order valence-electron chi connectivity index (χ0n) is 35.4. The molecule has 0 spiro atoms. The van der Waals surface area contributed by atoms with Crippen LogP contribution in [0.15, 0.2) is 36.5 Å². The van der Waals surface area contributed by atoms with Crippen LogP contribution in [0.5, 0.6) is 0 Å². The first-order valence-corrected chi connectivity index (χ1v) is 23.4. The minimum absolute atomic E-state index is 0.0760. The Hall–Kier alpha value is -1.32. The molecule has 0 aliphatic carbocycles. The van der Waals surface area contributed by atoms with Gasteiger partial charge >= 0.3 is 13.8 Å². The number of nitrogens with zero attached hydrogens (tertiary/aromatic N) is 1. The number of rotatable bonds is 39. The van der Waals surface area contributed by atoms with Crippen molar-refractivity contribution >= 4 is 13.8 Å². The highest BCUT2D eigenvalue weighted by Gasteiger charge is 2.36. The molecule has 4 unspecified atom stereocenters. The lowest BCUT2D eigenvalue weighted by Crippen LogP contribution is -2.37. The summed E-state index contributed by atoms with van der Waals surface area (Å²) in [7, 11) is 1.62. The Morgan fingerprint density at radius 1 is 0.667 bits per heavy atom. The lowest BCUT2D eigenvalue weighted by atomic mass is 10.0. The second-order valence-electron chi connectivity index (χ2n) is 16.1. The SMILES string of the molecule is CCCCC/C=C\C/C=C\CC1OC1C/C=C\CCCC(=O)OC(COCCCCCCCCCCCCCCCC)COP(=O)(O)OCC[N+](C)(C)C. The number of carbonyl (C=O) groups excluding carboxylic acids is 1. The van der Waals surface area contributed by atoms with Crippen molar-refractivity contribution in [2.24, 2.45) is 0 Å². The van der Waals surface area contributed by atoms with Crippen LogP contribution < -0.4 is 0 Å². The van der Waals surface area contributed by atoms with E-state index in [1.807, 2.05) is 21.1 Å². The molecule has 10 heteroatoms. The van der Waals surface area contributed by atoms with Crippen LogP contribution in [0.1, 0.15) is 168 Å². The van der Waals surface area contributed by atoms with Gasteiger partial charge in [0.1, 0.15) is 19.3 Å². The first-order valence-electron chi connectivity index (χ1n) is 21.9. The van der Waals surface area contributed by atoms with Gasteiger partial charge in [-0.25, -0.2) is 4.57 Å². The zero-order valence-corrected chi connectivity index (χ0v) is 36.3. The first kappa shape index (κ1) is 50.7. The molecule has 9 nitrogen and oxygen atoms in total. The maximum absolute atomic E-state index is 12.7. The van der Waals surface area contributed by atoms with E-state index < -0.39 is 13.9 Å². The summed E-state index contributed by atoms with van der Waals surface area (Å²) in [5.41, 5.74) is 0. The number of esters is 1. The van der Waals surface area contributed by atoms with E-state index in [1.54, 1.807) is 0 Å². The number of phosphoric ester groups is 1. The van der Waals surface area contributed by atoms with E-state index >= 15 is 0 Å². The number of ether oxygens (including phenoxy) is 3. The smallest absolute Gasteiger partial charge is 0.457 e. The highest BCUT2D eigenvalue weighted by atomic mass is 31.2. The average Bonchev–Trinajstić information content (AvgIpc) is 3.88. The predicted molar refractivity (Wildman–Crippen MR) is 224 cm³/mol. The Morgan fingerprint density at radius 2 is 1.19 bits per heavy atom. The van der Waals surface area contributed by atoms with E-state index in [9.17, 15) is 14.3 Å². The number of phosphoric acid groups is 1. The molecule has 1 fully saturated rings. The third-order valence-electron chi connectivity index (χ3n) is 9.61. The quantitative estimate of drug-likeness (QED) is 0.0164. The fraction of sp³-hybridized carbons (Fsp3) is 0.841. The highest BCUT2D eigenvalue weighted by Crippen LogP contribution is 2.43. The molecule has 54 heavy (non-hydrogen) atoms. The zero-order chi connectivity index (χ0) is 39.6. The van der Waals surface area contributed by atoms with Crippen molar-refractivity contribution in [3.63, 3.8) is 0 Å². The molecule has 0 aromatic heterocycles. The van der Waals surface area contributed by atoms with Gasteiger partial charge in [0, 0.05) is 13.0 Å². The van der Waals surface area contributed by atoms with Gasteiger partial charge in [0.25, 0.3) is 0 Å². The van der Waals surface area contributed by atoms with Crippen molar-refractivity contribution in [2.45, 2.75) is 186 Å². The average molecular weight is 785 g/mol. The number of epoxide rings is 1. The predicted octanol–water partition coefficient (Wildman–Crippen LogP) is 11.6. The van der Waals surface area contributed by atoms with Crippen molar-refractivity contribution in [1.82, 2.24) is 0 Å². The molecule has 316 valence electrons. The van der Waals surface area contributed by atoms with Crippen molar-refractivity contribution in [1.29, 1.82) is 0 Å². The number of hydrogen-bond donors (Lipinski definition) is 1. The van der Waals surface area contributed by atoms with Crippen molar-refractivity contribution in [3.05, 3.63) is 36.5 Å². The lowest BCUT2D eigenvalue weighted by molar-refractivity contribution is -0.870. The summed E-state index contributed by atoms with van der Waals surface area (Å²) >= 11 is 0. The fourth-order valence-corrected chi connectivity index (χ4v) is 6.80. The summed E-state index contributed by atoms with van der Waals surface area (Å²) in [4.78, 5) is 22.9. The standard InChI is InChI=1S/C44H82NO8P/c1-6-8-10-12-14-16-17-18-19-20-22-24-28-32-37-49-39-41(40-51-54(47,48)50-38-36-45(3,4)5)52-44(46)35-31-27-26-30-34-43-42(53-43)33-29-25-23-21-15-13-11-9-7-2/h15,21,25-26,29-30,41-43H,6-14,16-20,22-24,27-28,31-40H2,1-5H3/p+1/b21-15-,29-25-,30-26-. The summed E-state index contributed by atoms with van der Waals surface area (Å²) in [6, 6.07) is 0. The summed E-state index contributed by atoms with van der Waals surface area (Å²) in [5, 5.41) is 0. The van der Waals surface area contributed by atoms with Crippen LogP contribution in [0, 0.1) is 0 Å². The second-order valence-corrected chi connectivity index (χ2v) is 17.6. The van der Waals surface area contributed by atoms with Gasteiger partial charge in [0.05, 0.1) is 46.6 Å². The van der Waals surface area contributed by atoms with E-state index in [-0.39, 0.29) is 38.3 Å². The van der Waals surface area contributed by atoms with E-state index in [2.05, 4.69) is 50.3 Å². The molecular weight excluding hydrogens is 701 g/mol. The largest absolute Gasteiger partial charge is 0.472 e. The van der Waals surface area contributed by atoms with Gasteiger partial charge in [-0.15, -0.1) is 0 Å². The van der Waals surface area contributed by atoms with Gasteiger partial charge in [-0.05, 0) is 51.4 Å². The number of hydrogen-bond acceptors (Lipinski definition) is 7. The van der Waals surface area contributed by atoms with Gasteiger partial charge in [0.2, 0.25) is 0 Å². The van der Waals surface area contributed by atoms with E-state index in [0.29, 0.717) is 30.2 Å². The molecule has 4 atom stereocenters. The number of quaternary nitrogens is 1. The molecule has 0 aromatic carbocycles. The highest BCUT2D eigenvalue weighted by molar-refractivity contribution is 7.47. The molecule has 0 aromatic rings. The number of unbranched alkanes of at least 4 members (excludes halogenated alkanes) is 17. The fourth-order valence-electron chi connectivity index (χ4n) is 6.06. The maximum Gasteiger partial charge on any atom is 0.472 e. The molecular formula is C44H83NO8P+. The topological polar surface area (TPSA) is 104 Å².